The molecule has 1 amide bonds. The number of para-hydroxylation sites is 1. The lowest BCUT2D eigenvalue weighted by molar-refractivity contribution is 0.0954. The number of nitrogens with one attached hydrogen (secondary N) is 1. The van der Waals surface area contributed by atoms with Gasteiger partial charge in [0, 0.05) is 10.9 Å². The van der Waals surface area contributed by atoms with Crippen molar-refractivity contribution in [2.75, 3.05) is 5.01 Å². The van der Waals surface area contributed by atoms with Crippen molar-refractivity contribution >= 4 is 28.1 Å². The summed E-state index contributed by atoms with van der Waals surface area (Å²) >= 11 is 0. The summed E-state index contributed by atoms with van der Waals surface area (Å²) in [5.74, 6) is -0.151. The minimum absolute atomic E-state index is 0.151. The molecule has 0 radical (unpaired) electrons. The first-order valence-corrected chi connectivity index (χ1v) is 8.52. The van der Waals surface area contributed by atoms with Crippen LogP contribution in [0, 0.1) is 0 Å². The van der Waals surface area contributed by atoms with E-state index in [0.717, 1.165) is 22.1 Å². The van der Waals surface area contributed by atoms with Gasteiger partial charge < -0.3 is 0 Å². The van der Waals surface area contributed by atoms with Gasteiger partial charge >= 0.3 is 0 Å². The third-order valence-electron chi connectivity index (χ3n) is 4.27. The Hall–Kier alpha value is -3.59. The molecule has 126 valence electrons. The van der Waals surface area contributed by atoms with Crippen LogP contribution in [0.2, 0.25) is 0 Å². The minimum atomic E-state index is -0.151. The fourth-order valence-corrected chi connectivity index (χ4v) is 3.00. The van der Waals surface area contributed by atoms with Crippen LogP contribution >= 0.6 is 0 Å². The van der Waals surface area contributed by atoms with Crippen molar-refractivity contribution < 1.29 is 4.79 Å². The Bertz CT molecular complexity index is 1020. The molecule has 0 atom stereocenters. The summed E-state index contributed by atoms with van der Waals surface area (Å²) in [4.78, 5) is 12.8. The van der Waals surface area contributed by atoms with Crippen LogP contribution in [0.25, 0.3) is 10.8 Å². The van der Waals surface area contributed by atoms with Crippen LogP contribution in [0.5, 0.6) is 0 Å². The number of hydrogen-bond donors (Lipinski definition) is 1. The maximum atomic E-state index is 12.8. The predicted octanol–water partition coefficient (Wildman–Crippen LogP) is 5.32. The number of benzene rings is 4. The lowest BCUT2D eigenvalue weighted by Crippen LogP contribution is -2.39. The van der Waals surface area contributed by atoms with E-state index < -0.39 is 0 Å². The molecule has 0 saturated carbocycles. The Morgan fingerprint density at radius 2 is 1.27 bits per heavy atom. The molecule has 3 nitrogen and oxygen atoms in total. The van der Waals surface area contributed by atoms with Crippen molar-refractivity contribution in [1.29, 1.82) is 0 Å². The van der Waals surface area contributed by atoms with E-state index in [0.29, 0.717) is 5.56 Å². The number of carbonyl (C=O) groups excluding carboxylic acids is 1. The molecule has 0 saturated heterocycles. The molecule has 0 aliphatic rings. The Kier molecular flexibility index (Phi) is 4.35. The molecular formula is C23H18N2O. The van der Waals surface area contributed by atoms with Crippen molar-refractivity contribution in [3.05, 3.63) is 109 Å². The molecule has 0 spiro atoms. The van der Waals surface area contributed by atoms with Crippen LogP contribution < -0.4 is 10.4 Å². The number of hydrazine groups is 1. The summed E-state index contributed by atoms with van der Waals surface area (Å²) in [6.45, 7) is 0. The average molecular weight is 338 g/mol. The standard InChI is InChI=1S/C23H18N2O/c26-23(19-11-3-1-4-12-19)24-25(20-14-5-2-6-15-20)22-17-9-13-18-10-7-8-16-21(18)22/h1-17H,(H,24,26). The SMILES string of the molecule is O=C(NN(c1ccccc1)c1cccc2ccccc12)c1ccccc1. The molecular weight excluding hydrogens is 320 g/mol. The van der Waals surface area contributed by atoms with Crippen molar-refractivity contribution in [3.63, 3.8) is 0 Å². The summed E-state index contributed by atoms with van der Waals surface area (Å²) in [5, 5.41) is 4.05. The molecule has 4 aromatic rings. The normalized spacial score (nSPS) is 10.5. The highest BCUT2D eigenvalue weighted by Crippen LogP contribution is 2.30. The molecule has 0 aromatic heterocycles. The number of nitrogens with zero attached hydrogens (tertiary/aromatic N) is 1. The van der Waals surface area contributed by atoms with Crippen LogP contribution in [0.1, 0.15) is 10.4 Å². The van der Waals surface area contributed by atoms with E-state index in [1.165, 1.54) is 0 Å². The zero-order valence-electron chi connectivity index (χ0n) is 14.2. The summed E-state index contributed by atoms with van der Waals surface area (Å²) in [5.41, 5.74) is 5.50. The fourth-order valence-electron chi connectivity index (χ4n) is 3.00. The van der Waals surface area contributed by atoms with Crippen LogP contribution in [0.3, 0.4) is 0 Å². The summed E-state index contributed by atoms with van der Waals surface area (Å²) in [6.07, 6.45) is 0. The Balaban J connectivity index is 1.80. The summed E-state index contributed by atoms with van der Waals surface area (Å²) in [7, 11) is 0. The van der Waals surface area contributed by atoms with Gasteiger partial charge in [0.25, 0.3) is 5.91 Å². The van der Waals surface area contributed by atoms with Gasteiger partial charge in [0.15, 0.2) is 0 Å². The van der Waals surface area contributed by atoms with Gasteiger partial charge in [-0.3, -0.25) is 15.2 Å². The van der Waals surface area contributed by atoms with Gasteiger partial charge in [-0.2, -0.15) is 0 Å². The van der Waals surface area contributed by atoms with E-state index in [9.17, 15) is 4.79 Å². The first-order valence-electron chi connectivity index (χ1n) is 8.52. The molecule has 4 aromatic carbocycles. The molecule has 26 heavy (non-hydrogen) atoms. The lowest BCUT2D eigenvalue weighted by atomic mass is 10.1. The summed E-state index contributed by atoms with van der Waals surface area (Å²) in [6, 6.07) is 33.3. The molecule has 0 unspecified atom stereocenters. The number of carbonyl (C=O) groups is 1. The predicted molar refractivity (Wildman–Crippen MR) is 106 cm³/mol. The average Bonchev–Trinajstić information content (AvgIpc) is 2.73. The van der Waals surface area contributed by atoms with Gasteiger partial charge in [-0.1, -0.05) is 72.8 Å². The molecule has 4 rings (SSSR count). The quantitative estimate of drug-likeness (QED) is 0.511. The number of anilines is 2. The number of amides is 1. The van der Waals surface area contributed by atoms with Gasteiger partial charge in [-0.15, -0.1) is 0 Å². The van der Waals surface area contributed by atoms with Gasteiger partial charge in [0.05, 0.1) is 11.4 Å². The van der Waals surface area contributed by atoms with Crippen LogP contribution in [-0.2, 0) is 0 Å². The molecule has 1 N–H and O–H groups in total. The third-order valence-corrected chi connectivity index (χ3v) is 4.27. The maximum absolute atomic E-state index is 12.8. The van der Waals surface area contributed by atoms with Gasteiger partial charge in [0.2, 0.25) is 0 Å². The van der Waals surface area contributed by atoms with Gasteiger partial charge in [-0.25, -0.2) is 0 Å². The number of hydrogen-bond acceptors (Lipinski definition) is 2. The largest absolute Gasteiger partial charge is 0.270 e. The number of fused-ring (bicyclic) bond motifs is 1. The number of rotatable bonds is 4. The van der Waals surface area contributed by atoms with Gasteiger partial charge in [-0.05, 0) is 35.7 Å². The van der Waals surface area contributed by atoms with Crippen LogP contribution in [0.4, 0.5) is 11.4 Å². The molecule has 0 aliphatic heterocycles. The second-order valence-corrected chi connectivity index (χ2v) is 5.98. The van der Waals surface area contributed by atoms with Gasteiger partial charge in [0.1, 0.15) is 0 Å². The van der Waals surface area contributed by atoms with Crippen molar-refractivity contribution in [1.82, 2.24) is 5.43 Å². The Labute approximate surface area is 152 Å². The highest BCUT2D eigenvalue weighted by atomic mass is 16.2. The molecule has 0 fully saturated rings. The molecule has 3 heteroatoms. The first kappa shape index (κ1) is 15.9. The lowest BCUT2D eigenvalue weighted by Gasteiger charge is -2.27. The van der Waals surface area contributed by atoms with Crippen LogP contribution in [0.15, 0.2) is 103 Å². The maximum Gasteiger partial charge on any atom is 0.270 e. The minimum Gasteiger partial charge on any atom is -0.267 e. The first-order chi connectivity index (χ1) is 12.8. The smallest absolute Gasteiger partial charge is 0.267 e. The molecule has 0 bridgehead atoms. The van der Waals surface area contributed by atoms with Crippen molar-refractivity contribution in [2.24, 2.45) is 0 Å². The Morgan fingerprint density at radius 3 is 2.04 bits per heavy atom. The second kappa shape index (κ2) is 7.11. The van der Waals surface area contributed by atoms with E-state index in [2.05, 4.69) is 23.6 Å². The van der Waals surface area contributed by atoms with E-state index in [-0.39, 0.29) is 5.91 Å². The molecule has 0 aliphatic carbocycles. The zero-order chi connectivity index (χ0) is 17.8. The van der Waals surface area contributed by atoms with E-state index in [1.54, 1.807) is 0 Å². The van der Waals surface area contributed by atoms with Crippen molar-refractivity contribution in [2.45, 2.75) is 0 Å². The zero-order valence-corrected chi connectivity index (χ0v) is 14.2. The monoisotopic (exact) mass is 338 g/mol. The second-order valence-electron chi connectivity index (χ2n) is 5.98. The third kappa shape index (κ3) is 3.15. The van der Waals surface area contributed by atoms with Crippen molar-refractivity contribution in [3.8, 4) is 0 Å². The highest BCUT2D eigenvalue weighted by molar-refractivity contribution is 6.00. The Morgan fingerprint density at radius 1 is 0.654 bits per heavy atom. The van der Waals surface area contributed by atoms with E-state index in [1.807, 2.05) is 89.9 Å². The van der Waals surface area contributed by atoms with Crippen LogP contribution in [-0.4, -0.2) is 5.91 Å². The van der Waals surface area contributed by atoms with E-state index >= 15 is 0 Å². The van der Waals surface area contributed by atoms with E-state index in [4.69, 9.17) is 0 Å². The molecule has 0 heterocycles. The highest BCUT2D eigenvalue weighted by Gasteiger charge is 2.16. The summed E-state index contributed by atoms with van der Waals surface area (Å²) < 4.78 is 0. The fraction of sp³-hybridized carbons (Fsp3) is 0. The topological polar surface area (TPSA) is 32.3 Å².